The standard InChI is InChI=1S/C15H29NO3SSi/c1-14(2,3)19-13(17)16-12(9-10-20-16)11-18-21(7,8)15(4,5)6/h9-10,12H,11H2,1-8H3. The largest absolute Gasteiger partial charge is 0.443 e. The van der Waals surface area contributed by atoms with E-state index in [-0.39, 0.29) is 17.2 Å². The number of hydrogen-bond donors (Lipinski definition) is 0. The van der Waals surface area contributed by atoms with Crippen LogP contribution in [0.4, 0.5) is 4.79 Å². The van der Waals surface area contributed by atoms with Crippen LogP contribution in [-0.4, -0.2) is 37.0 Å². The smallest absolute Gasteiger partial charge is 0.421 e. The minimum absolute atomic E-state index is 0.0565. The Morgan fingerprint density at radius 3 is 2.29 bits per heavy atom. The SMILES string of the molecule is CC(C)(C)OC(=O)N1SC=CC1CO[Si](C)(C)C(C)(C)C. The molecule has 0 saturated carbocycles. The molecule has 0 aromatic carbocycles. The summed E-state index contributed by atoms with van der Waals surface area (Å²) >= 11 is 1.37. The first kappa shape index (κ1) is 18.6. The summed E-state index contributed by atoms with van der Waals surface area (Å²) in [5, 5.41) is 2.09. The Balaban J connectivity index is 2.63. The fourth-order valence-corrected chi connectivity index (χ4v) is 3.28. The molecule has 0 radical (unpaired) electrons. The molecule has 0 spiro atoms. The highest BCUT2D eigenvalue weighted by Crippen LogP contribution is 2.37. The highest BCUT2D eigenvalue weighted by molar-refractivity contribution is 8.00. The van der Waals surface area contributed by atoms with Gasteiger partial charge in [0.25, 0.3) is 0 Å². The molecule has 1 aliphatic rings. The number of rotatable bonds is 3. The van der Waals surface area contributed by atoms with Gasteiger partial charge in [-0.3, -0.25) is 0 Å². The van der Waals surface area contributed by atoms with E-state index in [1.807, 2.05) is 32.3 Å². The Bertz CT molecular complexity index is 410. The molecule has 1 aliphatic heterocycles. The molecule has 1 rings (SSSR count). The van der Waals surface area contributed by atoms with E-state index in [4.69, 9.17) is 9.16 Å². The lowest BCUT2D eigenvalue weighted by Crippen LogP contribution is -2.45. The van der Waals surface area contributed by atoms with Gasteiger partial charge >= 0.3 is 6.09 Å². The highest BCUT2D eigenvalue weighted by Gasteiger charge is 2.39. The molecule has 1 atom stereocenters. The summed E-state index contributed by atoms with van der Waals surface area (Å²) in [6.45, 7) is 17.2. The van der Waals surface area contributed by atoms with Crippen molar-refractivity contribution >= 4 is 26.4 Å². The predicted molar refractivity (Wildman–Crippen MR) is 91.7 cm³/mol. The third kappa shape index (κ3) is 5.34. The van der Waals surface area contributed by atoms with E-state index in [0.29, 0.717) is 6.61 Å². The minimum atomic E-state index is -1.81. The van der Waals surface area contributed by atoms with E-state index in [9.17, 15) is 4.79 Å². The molecule has 21 heavy (non-hydrogen) atoms. The second-order valence-corrected chi connectivity index (χ2v) is 13.6. The maximum absolute atomic E-state index is 12.2. The van der Waals surface area contributed by atoms with Crippen molar-refractivity contribution < 1.29 is 14.0 Å². The van der Waals surface area contributed by atoms with Gasteiger partial charge in [-0.15, -0.1) is 0 Å². The van der Waals surface area contributed by atoms with E-state index in [0.717, 1.165) is 0 Å². The van der Waals surface area contributed by atoms with Crippen LogP contribution in [0.2, 0.25) is 18.1 Å². The van der Waals surface area contributed by atoms with Crippen molar-refractivity contribution in [3.05, 3.63) is 11.5 Å². The molecule has 0 aromatic heterocycles. The fraction of sp³-hybridized carbons (Fsp3) is 0.800. The maximum Gasteiger partial charge on any atom is 0.421 e. The Morgan fingerprint density at radius 1 is 1.24 bits per heavy atom. The van der Waals surface area contributed by atoms with Gasteiger partial charge in [0, 0.05) is 0 Å². The molecule has 122 valence electrons. The van der Waals surface area contributed by atoms with Crippen LogP contribution >= 0.6 is 11.9 Å². The van der Waals surface area contributed by atoms with Crippen LogP contribution < -0.4 is 0 Å². The lowest BCUT2D eigenvalue weighted by atomic mass is 10.2. The molecule has 0 bridgehead atoms. The van der Waals surface area contributed by atoms with E-state index in [1.165, 1.54) is 11.9 Å². The van der Waals surface area contributed by atoms with Crippen LogP contribution in [0.5, 0.6) is 0 Å². The first-order valence-corrected chi connectivity index (χ1v) is 11.1. The van der Waals surface area contributed by atoms with Crippen LogP contribution in [0.15, 0.2) is 11.5 Å². The van der Waals surface area contributed by atoms with Gasteiger partial charge in [-0.2, -0.15) is 0 Å². The Hall–Kier alpha value is -0.463. The average molecular weight is 332 g/mol. The summed E-state index contributed by atoms with van der Waals surface area (Å²) in [6, 6.07) is -0.0565. The van der Waals surface area contributed by atoms with Crippen molar-refractivity contribution in [2.24, 2.45) is 0 Å². The monoisotopic (exact) mass is 331 g/mol. The van der Waals surface area contributed by atoms with Crippen molar-refractivity contribution in [2.75, 3.05) is 6.61 Å². The molecule has 0 saturated heterocycles. The zero-order valence-electron chi connectivity index (χ0n) is 14.5. The number of amides is 1. The quantitative estimate of drug-likeness (QED) is 0.550. The maximum atomic E-state index is 12.2. The van der Waals surface area contributed by atoms with E-state index >= 15 is 0 Å². The Morgan fingerprint density at radius 2 is 1.81 bits per heavy atom. The molecule has 0 fully saturated rings. The van der Waals surface area contributed by atoms with E-state index in [1.54, 1.807) is 4.31 Å². The summed E-state index contributed by atoms with van der Waals surface area (Å²) in [6.07, 6.45) is 1.70. The third-order valence-electron chi connectivity index (χ3n) is 3.77. The molecule has 0 N–H and O–H groups in total. The molecule has 0 aliphatic carbocycles. The Labute approximate surface area is 134 Å². The summed E-state index contributed by atoms with van der Waals surface area (Å²) in [5.74, 6) is 0. The average Bonchev–Trinajstić information content (AvgIpc) is 2.70. The third-order valence-corrected chi connectivity index (χ3v) is 9.20. The second-order valence-electron chi connectivity index (χ2n) is 7.88. The van der Waals surface area contributed by atoms with Gasteiger partial charge in [0.05, 0.1) is 12.6 Å². The second kappa shape index (κ2) is 6.34. The van der Waals surface area contributed by atoms with Crippen LogP contribution in [0, 0.1) is 0 Å². The van der Waals surface area contributed by atoms with Crippen molar-refractivity contribution in [3.8, 4) is 0 Å². The summed E-state index contributed by atoms with van der Waals surface area (Å²) in [7, 11) is -1.81. The summed E-state index contributed by atoms with van der Waals surface area (Å²) in [4.78, 5) is 12.2. The van der Waals surface area contributed by atoms with Gasteiger partial charge in [0.2, 0.25) is 0 Å². The van der Waals surface area contributed by atoms with Crippen LogP contribution in [-0.2, 0) is 9.16 Å². The van der Waals surface area contributed by atoms with E-state index < -0.39 is 13.9 Å². The topological polar surface area (TPSA) is 38.8 Å². The number of nitrogens with zero attached hydrogens (tertiary/aromatic N) is 1. The fourth-order valence-electron chi connectivity index (χ4n) is 1.47. The van der Waals surface area contributed by atoms with Gasteiger partial charge < -0.3 is 9.16 Å². The number of hydrogen-bond acceptors (Lipinski definition) is 4. The molecular formula is C15H29NO3SSi. The summed E-state index contributed by atoms with van der Waals surface area (Å²) in [5.41, 5.74) is -0.481. The van der Waals surface area contributed by atoms with Gasteiger partial charge in [-0.05, 0) is 56.3 Å². The molecule has 1 unspecified atom stereocenters. The Kier molecular flexibility index (Phi) is 5.61. The molecule has 6 heteroatoms. The predicted octanol–water partition coefficient (Wildman–Crippen LogP) is 4.79. The first-order chi connectivity index (χ1) is 9.33. The first-order valence-electron chi connectivity index (χ1n) is 7.33. The highest BCUT2D eigenvalue weighted by atomic mass is 32.2. The summed E-state index contributed by atoms with van der Waals surface area (Å²) < 4.78 is 13.3. The number of carbonyl (C=O) groups is 1. The van der Waals surface area contributed by atoms with Gasteiger partial charge in [-0.25, -0.2) is 9.10 Å². The lowest BCUT2D eigenvalue weighted by Gasteiger charge is -2.37. The number of ether oxygens (including phenoxy) is 1. The molecule has 1 amide bonds. The normalized spacial score (nSPS) is 20.0. The van der Waals surface area contributed by atoms with Crippen LogP contribution in [0.3, 0.4) is 0 Å². The van der Waals surface area contributed by atoms with Gasteiger partial charge in [0.1, 0.15) is 5.60 Å². The van der Waals surface area contributed by atoms with Crippen molar-refractivity contribution in [1.29, 1.82) is 0 Å². The molecule has 0 aromatic rings. The molecule has 1 heterocycles. The van der Waals surface area contributed by atoms with Crippen molar-refractivity contribution in [2.45, 2.75) is 71.3 Å². The lowest BCUT2D eigenvalue weighted by molar-refractivity contribution is 0.0355. The zero-order valence-corrected chi connectivity index (χ0v) is 16.3. The van der Waals surface area contributed by atoms with Gasteiger partial charge in [-0.1, -0.05) is 26.8 Å². The van der Waals surface area contributed by atoms with Crippen LogP contribution in [0.1, 0.15) is 41.5 Å². The molecular weight excluding hydrogens is 302 g/mol. The zero-order chi connectivity index (χ0) is 16.5. The minimum Gasteiger partial charge on any atom is -0.443 e. The van der Waals surface area contributed by atoms with Crippen molar-refractivity contribution in [1.82, 2.24) is 4.31 Å². The van der Waals surface area contributed by atoms with Crippen LogP contribution in [0.25, 0.3) is 0 Å². The number of carbonyl (C=O) groups excluding carboxylic acids is 1. The molecule has 4 nitrogen and oxygen atoms in total. The van der Waals surface area contributed by atoms with E-state index in [2.05, 4.69) is 33.9 Å². The van der Waals surface area contributed by atoms with Crippen molar-refractivity contribution in [3.63, 3.8) is 0 Å². The van der Waals surface area contributed by atoms with Gasteiger partial charge in [0.15, 0.2) is 8.32 Å².